The smallest absolute Gasteiger partial charge is 0.243 e. The first-order chi connectivity index (χ1) is 13.8. The molecule has 1 heterocycles. The fraction of sp³-hybridized carbons (Fsp3) is 0.350. The van der Waals surface area contributed by atoms with Gasteiger partial charge in [0, 0.05) is 23.1 Å². The topological polar surface area (TPSA) is 75.7 Å². The fourth-order valence-corrected chi connectivity index (χ4v) is 5.45. The van der Waals surface area contributed by atoms with Crippen molar-refractivity contribution in [3.05, 3.63) is 58.3 Å². The van der Waals surface area contributed by atoms with Crippen LogP contribution in [0.25, 0.3) is 0 Å². The van der Waals surface area contributed by atoms with Crippen molar-refractivity contribution in [1.82, 2.24) is 9.62 Å². The van der Waals surface area contributed by atoms with Crippen molar-refractivity contribution >= 4 is 31.9 Å². The Labute approximate surface area is 178 Å². The van der Waals surface area contributed by atoms with E-state index in [0.717, 1.165) is 28.6 Å². The number of benzene rings is 2. The number of methoxy groups -OCH3 is 1. The molecule has 156 valence electrons. The second-order valence-electron chi connectivity index (χ2n) is 6.76. The average molecular weight is 485 g/mol. The van der Waals surface area contributed by atoms with Gasteiger partial charge >= 0.3 is 0 Å². The van der Waals surface area contributed by atoms with Crippen molar-refractivity contribution in [3.63, 3.8) is 0 Å². The monoisotopic (exact) mass is 484 g/mol. The number of nitrogens with one attached hydrogen (secondary N) is 1. The Hall–Kier alpha value is -1.97. The van der Waals surface area contributed by atoms with Gasteiger partial charge in [0.25, 0.3) is 0 Å². The Kier molecular flexibility index (Phi) is 6.92. The molecule has 1 saturated heterocycles. The Morgan fingerprint density at radius 3 is 2.66 bits per heavy atom. The van der Waals surface area contributed by atoms with E-state index in [4.69, 9.17) is 4.74 Å². The molecule has 0 spiro atoms. The molecule has 1 amide bonds. The van der Waals surface area contributed by atoms with Crippen molar-refractivity contribution in [2.75, 3.05) is 13.7 Å². The molecular formula is C20H22BrFN2O4S. The van der Waals surface area contributed by atoms with E-state index in [1.165, 1.54) is 16.4 Å². The number of piperidine rings is 1. The zero-order valence-corrected chi connectivity index (χ0v) is 18.3. The van der Waals surface area contributed by atoms with Crippen LogP contribution in [0, 0.1) is 5.82 Å². The molecule has 1 N–H and O–H groups in total. The molecule has 1 fully saturated rings. The maximum Gasteiger partial charge on any atom is 0.243 e. The van der Waals surface area contributed by atoms with Crippen LogP contribution in [0.5, 0.6) is 5.75 Å². The largest absolute Gasteiger partial charge is 0.496 e. The zero-order chi connectivity index (χ0) is 21.0. The minimum atomic E-state index is -3.90. The fourth-order valence-electron chi connectivity index (χ4n) is 3.38. The number of sulfonamides is 1. The molecular weight excluding hydrogens is 463 g/mol. The van der Waals surface area contributed by atoms with Gasteiger partial charge in [0.2, 0.25) is 15.9 Å². The van der Waals surface area contributed by atoms with E-state index in [0.29, 0.717) is 18.6 Å². The zero-order valence-electron chi connectivity index (χ0n) is 15.9. The average Bonchev–Trinajstić information content (AvgIpc) is 2.72. The summed E-state index contributed by atoms with van der Waals surface area (Å²) in [7, 11) is -2.35. The highest BCUT2D eigenvalue weighted by Crippen LogP contribution is 2.27. The van der Waals surface area contributed by atoms with E-state index in [1.807, 2.05) is 12.1 Å². The number of amides is 1. The number of halogens is 2. The predicted molar refractivity (Wildman–Crippen MR) is 110 cm³/mol. The molecule has 0 bridgehead atoms. The quantitative estimate of drug-likeness (QED) is 0.680. The van der Waals surface area contributed by atoms with E-state index >= 15 is 0 Å². The molecule has 1 aliphatic heterocycles. The van der Waals surface area contributed by atoms with Crippen LogP contribution in [0.2, 0.25) is 0 Å². The number of carbonyl (C=O) groups is 1. The van der Waals surface area contributed by atoms with Crippen molar-refractivity contribution in [1.29, 1.82) is 0 Å². The molecule has 2 aromatic rings. The van der Waals surface area contributed by atoms with E-state index in [2.05, 4.69) is 21.2 Å². The van der Waals surface area contributed by atoms with Crippen LogP contribution in [0.3, 0.4) is 0 Å². The van der Waals surface area contributed by atoms with Crippen LogP contribution in [0.4, 0.5) is 4.39 Å². The van der Waals surface area contributed by atoms with Crippen molar-refractivity contribution < 1.29 is 22.3 Å². The lowest BCUT2D eigenvalue weighted by Gasteiger charge is -2.33. The van der Waals surface area contributed by atoms with Gasteiger partial charge in [-0.15, -0.1) is 0 Å². The van der Waals surface area contributed by atoms with Crippen LogP contribution in [-0.2, 0) is 21.4 Å². The summed E-state index contributed by atoms with van der Waals surface area (Å²) in [6.45, 7) is 0.459. The molecule has 1 atom stereocenters. The molecule has 3 rings (SSSR count). The lowest BCUT2D eigenvalue weighted by Crippen LogP contribution is -2.51. The van der Waals surface area contributed by atoms with Crippen LogP contribution in [-0.4, -0.2) is 38.3 Å². The number of rotatable bonds is 6. The summed E-state index contributed by atoms with van der Waals surface area (Å²) in [6, 6.07) is 9.31. The minimum Gasteiger partial charge on any atom is -0.496 e. The van der Waals surface area contributed by atoms with Gasteiger partial charge in [-0.2, -0.15) is 4.31 Å². The Morgan fingerprint density at radius 1 is 1.24 bits per heavy atom. The van der Waals surface area contributed by atoms with Crippen LogP contribution >= 0.6 is 15.9 Å². The molecule has 0 aliphatic carbocycles. The normalized spacial score (nSPS) is 17.7. The summed E-state index contributed by atoms with van der Waals surface area (Å²) in [5.41, 5.74) is 0.777. The molecule has 0 unspecified atom stereocenters. The maximum atomic E-state index is 13.2. The summed E-state index contributed by atoms with van der Waals surface area (Å²) in [5, 5.41) is 2.83. The molecule has 29 heavy (non-hydrogen) atoms. The second-order valence-corrected chi connectivity index (χ2v) is 9.56. The molecule has 6 nitrogen and oxygen atoms in total. The van der Waals surface area contributed by atoms with Crippen LogP contribution in [0.1, 0.15) is 24.8 Å². The number of ether oxygens (including phenoxy) is 1. The first-order valence-electron chi connectivity index (χ1n) is 9.20. The molecule has 0 saturated carbocycles. The molecule has 2 aromatic carbocycles. The van der Waals surface area contributed by atoms with E-state index in [1.54, 1.807) is 13.2 Å². The number of nitrogens with zero attached hydrogens (tertiary/aromatic N) is 1. The van der Waals surface area contributed by atoms with Crippen molar-refractivity contribution in [3.8, 4) is 5.75 Å². The van der Waals surface area contributed by atoms with Gasteiger partial charge in [0.15, 0.2) is 0 Å². The Balaban J connectivity index is 1.78. The molecule has 0 aromatic heterocycles. The van der Waals surface area contributed by atoms with Crippen LogP contribution < -0.4 is 10.1 Å². The predicted octanol–water partition coefficient (Wildman–Crippen LogP) is 3.46. The lowest BCUT2D eigenvalue weighted by molar-refractivity contribution is -0.125. The molecule has 9 heteroatoms. The SMILES string of the molecule is COc1ccc(Br)cc1CNC(=O)[C@@H]1CCCCN1S(=O)(=O)c1ccc(F)cc1. The summed E-state index contributed by atoms with van der Waals surface area (Å²) >= 11 is 3.39. The van der Waals surface area contributed by atoms with Gasteiger partial charge in [0.05, 0.1) is 12.0 Å². The highest BCUT2D eigenvalue weighted by Gasteiger charge is 2.37. The first-order valence-corrected chi connectivity index (χ1v) is 11.4. The van der Waals surface area contributed by atoms with Crippen molar-refractivity contribution in [2.24, 2.45) is 0 Å². The van der Waals surface area contributed by atoms with E-state index in [9.17, 15) is 17.6 Å². The first kappa shape index (κ1) is 21.7. The maximum absolute atomic E-state index is 13.2. The summed E-state index contributed by atoms with van der Waals surface area (Å²) in [6.07, 6.45) is 1.86. The highest BCUT2D eigenvalue weighted by molar-refractivity contribution is 9.10. The van der Waals surface area contributed by atoms with Gasteiger partial charge < -0.3 is 10.1 Å². The lowest BCUT2D eigenvalue weighted by atomic mass is 10.0. The van der Waals surface area contributed by atoms with Crippen LogP contribution in [0.15, 0.2) is 51.8 Å². The molecule has 1 aliphatic rings. The van der Waals surface area contributed by atoms with Gasteiger partial charge in [-0.1, -0.05) is 22.4 Å². The minimum absolute atomic E-state index is 0.0211. The third kappa shape index (κ3) is 4.96. The van der Waals surface area contributed by atoms with E-state index in [-0.39, 0.29) is 23.9 Å². The van der Waals surface area contributed by atoms with Gasteiger partial charge in [-0.05, 0) is 55.3 Å². The van der Waals surface area contributed by atoms with Gasteiger partial charge in [0.1, 0.15) is 17.6 Å². The summed E-state index contributed by atoms with van der Waals surface area (Å²) < 4.78 is 46.6. The Morgan fingerprint density at radius 2 is 1.97 bits per heavy atom. The number of carbonyl (C=O) groups excluding carboxylic acids is 1. The Bertz CT molecular complexity index is 982. The van der Waals surface area contributed by atoms with Crippen molar-refractivity contribution in [2.45, 2.75) is 36.7 Å². The summed E-state index contributed by atoms with van der Waals surface area (Å²) in [4.78, 5) is 12.8. The standard InChI is InChI=1S/C20H22BrFN2O4S/c1-28-19-10-5-15(21)12-14(19)13-23-20(25)18-4-2-3-11-24(18)29(26,27)17-8-6-16(22)7-9-17/h5-10,12,18H,2-4,11,13H2,1H3,(H,23,25)/t18-/m0/s1. The van der Waals surface area contributed by atoms with Gasteiger partial charge in [-0.3, -0.25) is 4.79 Å². The summed E-state index contributed by atoms with van der Waals surface area (Å²) in [5.74, 6) is -0.245. The third-order valence-electron chi connectivity index (χ3n) is 4.87. The highest BCUT2D eigenvalue weighted by atomic mass is 79.9. The van der Waals surface area contributed by atoms with Gasteiger partial charge in [-0.25, -0.2) is 12.8 Å². The number of hydrogen-bond acceptors (Lipinski definition) is 4. The molecule has 0 radical (unpaired) electrons. The number of hydrogen-bond donors (Lipinski definition) is 1. The van der Waals surface area contributed by atoms with E-state index < -0.39 is 21.9 Å². The third-order valence-corrected chi connectivity index (χ3v) is 7.29. The second kappa shape index (κ2) is 9.23.